The lowest BCUT2D eigenvalue weighted by Gasteiger charge is -2.34. The molecule has 2 unspecified atom stereocenters. The molecule has 1 amide bonds. The van der Waals surface area contributed by atoms with Crippen LogP contribution in [0.2, 0.25) is 0 Å². The smallest absolute Gasteiger partial charge is 0.257 e. The van der Waals surface area contributed by atoms with Crippen molar-refractivity contribution in [1.29, 1.82) is 0 Å². The van der Waals surface area contributed by atoms with Crippen LogP contribution in [0.25, 0.3) is 5.52 Å². The van der Waals surface area contributed by atoms with Gasteiger partial charge in [0.25, 0.3) is 5.91 Å². The molecule has 0 aliphatic carbocycles. The van der Waals surface area contributed by atoms with Crippen molar-refractivity contribution in [1.82, 2.24) is 14.5 Å². The minimum atomic E-state index is -0.130. The number of carbonyl (C=O) groups excluding carboxylic acids is 1. The highest BCUT2D eigenvalue weighted by molar-refractivity contribution is 6.01. The standard InChI is InChI=1S/C14H19N5O2/c1-9(15)13-8-18(4-5-21-13)14(20)11-7-17-19-3-2-10(16)6-12(11)19/h2-3,6-7,9,13H,4-5,8,15-16H2,1H3. The van der Waals surface area contributed by atoms with Crippen LogP contribution in [0.15, 0.2) is 24.5 Å². The SMILES string of the molecule is CC(N)C1CN(C(=O)c2cnn3ccc(N)cc23)CCO1. The quantitative estimate of drug-likeness (QED) is 0.817. The molecule has 2 atom stereocenters. The average molecular weight is 289 g/mol. The highest BCUT2D eigenvalue weighted by Gasteiger charge is 2.28. The molecule has 0 bridgehead atoms. The van der Waals surface area contributed by atoms with E-state index in [9.17, 15) is 4.79 Å². The van der Waals surface area contributed by atoms with E-state index in [2.05, 4.69) is 5.10 Å². The fourth-order valence-electron chi connectivity index (χ4n) is 2.51. The topological polar surface area (TPSA) is 98.9 Å². The van der Waals surface area contributed by atoms with Crippen molar-refractivity contribution >= 4 is 17.1 Å². The summed E-state index contributed by atoms with van der Waals surface area (Å²) in [6.07, 6.45) is 3.19. The summed E-state index contributed by atoms with van der Waals surface area (Å²) in [5, 5.41) is 4.19. The molecule has 1 saturated heterocycles. The molecule has 112 valence electrons. The molecule has 21 heavy (non-hydrogen) atoms. The first-order valence-corrected chi connectivity index (χ1v) is 6.95. The monoisotopic (exact) mass is 289 g/mol. The number of morpholine rings is 1. The maximum absolute atomic E-state index is 12.7. The minimum absolute atomic E-state index is 0.0652. The zero-order chi connectivity index (χ0) is 15.0. The van der Waals surface area contributed by atoms with E-state index >= 15 is 0 Å². The number of nitrogen functional groups attached to an aromatic ring is 1. The van der Waals surface area contributed by atoms with Gasteiger partial charge in [0.05, 0.1) is 30.0 Å². The van der Waals surface area contributed by atoms with E-state index in [1.54, 1.807) is 33.9 Å². The van der Waals surface area contributed by atoms with Crippen molar-refractivity contribution < 1.29 is 9.53 Å². The molecule has 0 saturated carbocycles. The van der Waals surface area contributed by atoms with Gasteiger partial charge in [0.1, 0.15) is 0 Å². The maximum Gasteiger partial charge on any atom is 0.257 e. The van der Waals surface area contributed by atoms with Gasteiger partial charge >= 0.3 is 0 Å². The Kier molecular flexibility index (Phi) is 3.52. The fourth-order valence-corrected chi connectivity index (χ4v) is 2.51. The second-order valence-electron chi connectivity index (χ2n) is 5.37. The van der Waals surface area contributed by atoms with E-state index in [1.807, 2.05) is 6.92 Å². The Morgan fingerprint density at radius 2 is 2.38 bits per heavy atom. The van der Waals surface area contributed by atoms with Gasteiger partial charge in [0.2, 0.25) is 0 Å². The molecular weight excluding hydrogens is 270 g/mol. The van der Waals surface area contributed by atoms with Crippen molar-refractivity contribution in [2.24, 2.45) is 5.73 Å². The second kappa shape index (κ2) is 5.34. The maximum atomic E-state index is 12.7. The van der Waals surface area contributed by atoms with E-state index in [1.165, 1.54) is 0 Å². The first-order valence-electron chi connectivity index (χ1n) is 6.95. The number of rotatable bonds is 2. The van der Waals surface area contributed by atoms with Crippen LogP contribution in [0, 0.1) is 0 Å². The number of nitrogens with two attached hydrogens (primary N) is 2. The zero-order valence-electron chi connectivity index (χ0n) is 11.9. The number of fused-ring (bicyclic) bond motifs is 1. The number of nitrogens with zero attached hydrogens (tertiary/aromatic N) is 3. The van der Waals surface area contributed by atoms with Crippen LogP contribution in [0.5, 0.6) is 0 Å². The third kappa shape index (κ3) is 2.57. The normalized spacial score (nSPS) is 20.7. The van der Waals surface area contributed by atoms with Gasteiger partial charge in [-0.2, -0.15) is 5.10 Å². The third-order valence-corrected chi connectivity index (χ3v) is 3.74. The first-order chi connectivity index (χ1) is 10.1. The predicted octanol–water partition coefficient (Wildman–Crippen LogP) is 0.105. The summed E-state index contributed by atoms with van der Waals surface area (Å²) in [5.41, 5.74) is 13.5. The molecule has 2 aromatic heterocycles. The van der Waals surface area contributed by atoms with Gasteiger partial charge in [-0.15, -0.1) is 0 Å². The highest BCUT2D eigenvalue weighted by Crippen LogP contribution is 2.18. The summed E-state index contributed by atoms with van der Waals surface area (Å²) in [4.78, 5) is 14.5. The molecular formula is C14H19N5O2. The van der Waals surface area contributed by atoms with Gasteiger partial charge in [0.15, 0.2) is 0 Å². The average Bonchev–Trinajstić information content (AvgIpc) is 2.89. The van der Waals surface area contributed by atoms with E-state index in [4.69, 9.17) is 16.2 Å². The van der Waals surface area contributed by atoms with Crippen molar-refractivity contribution in [2.75, 3.05) is 25.4 Å². The number of hydrogen-bond donors (Lipinski definition) is 2. The second-order valence-corrected chi connectivity index (χ2v) is 5.37. The summed E-state index contributed by atoms with van der Waals surface area (Å²) >= 11 is 0. The van der Waals surface area contributed by atoms with Gasteiger partial charge in [-0.05, 0) is 19.1 Å². The Labute approximate surface area is 122 Å². The molecule has 1 aliphatic heterocycles. The van der Waals surface area contributed by atoms with Crippen LogP contribution in [0.1, 0.15) is 17.3 Å². The van der Waals surface area contributed by atoms with Gasteiger partial charge < -0.3 is 21.1 Å². The van der Waals surface area contributed by atoms with Gasteiger partial charge in [0, 0.05) is 31.0 Å². The number of pyridine rings is 1. The lowest BCUT2D eigenvalue weighted by atomic mass is 10.1. The summed E-state index contributed by atoms with van der Waals surface area (Å²) in [5.74, 6) is -0.0652. The summed E-state index contributed by atoms with van der Waals surface area (Å²) in [6.45, 7) is 3.44. The van der Waals surface area contributed by atoms with Crippen LogP contribution < -0.4 is 11.5 Å². The van der Waals surface area contributed by atoms with Crippen molar-refractivity contribution in [3.05, 3.63) is 30.1 Å². The van der Waals surface area contributed by atoms with Crippen molar-refractivity contribution in [3.63, 3.8) is 0 Å². The lowest BCUT2D eigenvalue weighted by molar-refractivity contribution is -0.0299. The lowest BCUT2D eigenvalue weighted by Crippen LogP contribution is -2.51. The number of aromatic nitrogens is 2. The van der Waals surface area contributed by atoms with E-state index in [0.717, 1.165) is 0 Å². The van der Waals surface area contributed by atoms with Crippen LogP contribution in [0.3, 0.4) is 0 Å². The molecule has 7 heteroatoms. The van der Waals surface area contributed by atoms with Gasteiger partial charge in [-0.1, -0.05) is 0 Å². The minimum Gasteiger partial charge on any atom is -0.399 e. The fraction of sp³-hybridized carbons (Fsp3) is 0.429. The molecule has 0 spiro atoms. The Hall–Kier alpha value is -2.12. The van der Waals surface area contributed by atoms with E-state index < -0.39 is 0 Å². The summed E-state index contributed by atoms with van der Waals surface area (Å²) in [7, 11) is 0. The van der Waals surface area contributed by atoms with Gasteiger partial charge in [-0.3, -0.25) is 4.79 Å². The Morgan fingerprint density at radius 1 is 1.57 bits per heavy atom. The Balaban J connectivity index is 1.88. The largest absolute Gasteiger partial charge is 0.399 e. The third-order valence-electron chi connectivity index (χ3n) is 3.74. The molecule has 0 aromatic carbocycles. The molecule has 3 rings (SSSR count). The van der Waals surface area contributed by atoms with E-state index in [-0.39, 0.29) is 18.1 Å². The number of anilines is 1. The van der Waals surface area contributed by atoms with Crippen LogP contribution in [0.4, 0.5) is 5.69 Å². The molecule has 2 aromatic rings. The summed E-state index contributed by atoms with van der Waals surface area (Å²) in [6, 6.07) is 3.39. The Bertz CT molecular complexity index is 666. The number of amides is 1. The van der Waals surface area contributed by atoms with Crippen molar-refractivity contribution in [3.8, 4) is 0 Å². The zero-order valence-corrected chi connectivity index (χ0v) is 11.9. The van der Waals surface area contributed by atoms with Crippen LogP contribution in [-0.4, -0.2) is 52.3 Å². The predicted molar refractivity (Wildman–Crippen MR) is 78.9 cm³/mol. The molecule has 0 radical (unpaired) electrons. The van der Waals surface area contributed by atoms with E-state index in [0.29, 0.717) is 36.5 Å². The first kappa shape index (κ1) is 13.8. The number of carbonyl (C=O) groups is 1. The number of ether oxygens (including phenoxy) is 1. The number of hydrogen-bond acceptors (Lipinski definition) is 5. The van der Waals surface area contributed by atoms with Crippen LogP contribution in [-0.2, 0) is 4.74 Å². The van der Waals surface area contributed by atoms with Crippen molar-refractivity contribution in [2.45, 2.75) is 19.1 Å². The molecule has 7 nitrogen and oxygen atoms in total. The van der Waals surface area contributed by atoms with Crippen LogP contribution >= 0.6 is 0 Å². The molecule has 1 aliphatic rings. The molecule has 4 N–H and O–H groups in total. The highest BCUT2D eigenvalue weighted by atomic mass is 16.5. The molecule has 3 heterocycles. The van der Waals surface area contributed by atoms with Gasteiger partial charge in [-0.25, -0.2) is 4.52 Å². The Morgan fingerprint density at radius 3 is 3.14 bits per heavy atom. The molecule has 1 fully saturated rings. The summed E-state index contributed by atoms with van der Waals surface area (Å²) < 4.78 is 7.23.